The zero-order chi connectivity index (χ0) is 16.8. The smallest absolute Gasteiger partial charge is 0.283 e. The number of rotatable bonds is 2. The summed E-state index contributed by atoms with van der Waals surface area (Å²) in [5, 5.41) is 0.777. The molecule has 1 amide bonds. The normalized spacial score (nSPS) is 13.5. The van der Waals surface area contributed by atoms with Gasteiger partial charge in [0.1, 0.15) is 11.6 Å². The van der Waals surface area contributed by atoms with Crippen molar-refractivity contribution in [1.82, 2.24) is 10.1 Å². The summed E-state index contributed by atoms with van der Waals surface area (Å²) >= 11 is 0. The molecule has 0 saturated heterocycles. The van der Waals surface area contributed by atoms with E-state index in [1.165, 1.54) is 19.2 Å². The molecule has 0 N–H and O–H groups in total. The lowest BCUT2D eigenvalue weighted by molar-refractivity contribution is 0.0217. The van der Waals surface area contributed by atoms with E-state index < -0.39 is 11.7 Å². The Bertz CT molecular complexity index is 988. The maximum absolute atomic E-state index is 14.3. The van der Waals surface area contributed by atoms with E-state index in [4.69, 9.17) is 4.74 Å². The van der Waals surface area contributed by atoms with Gasteiger partial charge in [0, 0.05) is 16.5 Å². The molecule has 1 aliphatic heterocycles. The van der Waals surface area contributed by atoms with Crippen LogP contribution < -0.4 is 4.74 Å². The van der Waals surface area contributed by atoms with E-state index in [1.54, 1.807) is 30.3 Å². The van der Waals surface area contributed by atoms with Crippen molar-refractivity contribution in [3.05, 3.63) is 59.5 Å². The van der Waals surface area contributed by atoms with Gasteiger partial charge < -0.3 is 4.74 Å². The van der Waals surface area contributed by atoms with E-state index in [0.717, 1.165) is 0 Å². The first kappa shape index (κ1) is 14.6. The van der Waals surface area contributed by atoms with Crippen LogP contribution in [0, 0.1) is 5.82 Å². The molecule has 1 aliphatic rings. The number of halogens is 2. The predicted octanol–water partition coefficient (Wildman–Crippen LogP) is 3.89. The van der Waals surface area contributed by atoms with Crippen molar-refractivity contribution in [3.8, 4) is 16.9 Å². The molecule has 0 fully saturated rings. The third kappa shape index (κ3) is 2.11. The molecule has 6 heteroatoms. The summed E-state index contributed by atoms with van der Waals surface area (Å²) < 4.78 is 33.0. The van der Waals surface area contributed by atoms with Gasteiger partial charge in [0.25, 0.3) is 5.91 Å². The molecule has 0 bridgehead atoms. The fourth-order valence-electron chi connectivity index (χ4n) is 2.93. The molecule has 0 unspecified atom stereocenters. The van der Waals surface area contributed by atoms with Crippen molar-refractivity contribution in [3.63, 3.8) is 0 Å². The number of hydrogen-bond donors (Lipinski definition) is 0. The van der Waals surface area contributed by atoms with E-state index in [1.807, 2.05) is 0 Å². The molecule has 120 valence electrons. The first-order chi connectivity index (χ1) is 11.6. The maximum Gasteiger partial charge on any atom is 0.283 e. The SMILES string of the molecule is COc1ccc(F)c(-c2cccc3cc4c(nc23)CN(F)C4=O)c1. The summed E-state index contributed by atoms with van der Waals surface area (Å²) in [4.78, 5) is 16.2. The number of methoxy groups -OCH3 is 1. The van der Waals surface area contributed by atoms with Crippen molar-refractivity contribution >= 4 is 16.8 Å². The van der Waals surface area contributed by atoms with Crippen molar-refractivity contribution < 1.29 is 18.4 Å². The molecular formula is C18H12F2N2O2. The standard InChI is InChI=1S/C18H12F2N2O2/c1-24-11-5-6-15(19)13(8-11)12-4-2-3-10-7-14-16(21-17(10)12)9-22(20)18(14)23/h2-8H,9H2,1H3. The average Bonchev–Trinajstić information content (AvgIpc) is 2.87. The largest absolute Gasteiger partial charge is 0.497 e. The zero-order valence-electron chi connectivity index (χ0n) is 12.7. The van der Waals surface area contributed by atoms with Gasteiger partial charge in [-0.1, -0.05) is 22.7 Å². The van der Waals surface area contributed by atoms with E-state index >= 15 is 0 Å². The van der Waals surface area contributed by atoms with Crippen molar-refractivity contribution in [1.29, 1.82) is 0 Å². The minimum absolute atomic E-state index is 0.127. The van der Waals surface area contributed by atoms with Gasteiger partial charge in [0.2, 0.25) is 0 Å². The molecular weight excluding hydrogens is 314 g/mol. The number of para-hydroxylation sites is 1. The number of benzene rings is 2. The minimum Gasteiger partial charge on any atom is -0.497 e. The second-order valence-corrected chi connectivity index (χ2v) is 5.53. The van der Waals surface area contributed by atoms with Crippen molar-refractivity contribution in [2.45, 2.75) is 6.54 Å². The Balaban J connectivity index is 1.98. The molecule has 0 saturated carbocycles. The Morgan fingerprint density at radius 3 is 2.75 bits per heavy atom. The molecule has 24 heavy (non-hydrogen) atoms. The highest BCUT2D eigenvalue weighted by atomic mass is 19.2. The molecule has 4 nitrogen and oxygen atoms in total. The van der Waals surface area contributed by atoms with Crippen LogP contribution in [0.2, 0.25) is 0 Å². The first-order valence-electron chi connectivity index (χ1n) is 7.32. The highest BCUT2D eigenvalue weighted by Crippen LogP contribution is 2.34. The summed E-state index contributed by atoms with van der Waals surface area (Å²) in [5.41, 5.74) is 2.02. The number of carbonyl (C=O) groups is 1. The lowest BCUT2D eigenvalue weighted by Gasteiger charge is -2.10. The van der Waals surface area contributed by atoms with Gasteiger partial charge in [-0.25, -0.2) is 9.37 Å². The number of hydrogen-bond acceptors (Lipinski definition) is 3. The number of pyridine rings is 1. The fourth-order valence-corrected chi connectivity index (χ4v) is 2.93. The number of fused-ring (bicyclic) bond motifs is 2. The third-order valence-corrected chi connectivity index (χ3v) is 4.13. The van der Waals surface area contributed by atoms with Crippen LogP contribution in [0.1, 0.15) is 16.1 Å². The van der Waals surface area contributed by atoms with Gasteiger partial charge in [0.05, 0.1) is 30.4 Å². The molecule has 4 rings (SSSR count). The van der Waals surface area contributed by atoms with Crippen molar-refractivity contribution in [2.24, 2.45) is 0 Å². The van der Waals surface area contributed by atoms with E-state index in [-0.39, 0.29) is 17.2 Å². The molecule has 0 aliphatic carbocycles. The molecule has 1 aromatic heterocycles. The number of amides is 1. The van der Waals surface area contributed by atoms with Crippen LogP contribution in [-0.2, 0) is 6.54 Å². The molecule has 3 aromatic rings. The van der Waals surface area contributed by atoms with Gasteiger partial charge in [-0.2, -0.15) is 5.12 Å². The lowest BCUT2D eigenvalue weighted by Crippen LogP contribution is -2.12. The highest BCUT2D eigenvalue weighted by Gasteiger charge is 2.29. The van der Waals surface area contributed by atoms with Gasteiger partial charge in [-0.3, -0.25) is 4.79 Å². The summed E-state index contributed by atoms with van der Waals surface area (Å²) in [5.74, 6) is -0.583. The number of ether oxygens (including phenoxy) is 1. The second-order valence-electron chi connectivity index (χ2n) is 5.53. The molecule has 2 aromatic carbocycles. The minimum atomic E-state index is -0.697. The van der Waals surface area contributed by atoms with E-state index in [2.05, 4.69) is 4.98 Å². The van der Waals surface area contributed by atoms with Crippen LogP contribution in [-0.4, -0.2) is 23.1 Å². The molecule has 0 spiro atoms. The molecule has 0 radical (unpaired) electrons. The number of nitrogens with zero attached hydrogens (tertiary/aromatic N) is 2. The molecule has 2 heterocycles. The lowest BCUT2D eigenvalue weighted by atomic mass is 10.00. The quantitative estimate of drug-likeness (QED) is 0.671. The van der Waals surface area contributed by atoms with Gasteiger partial charge in [-0.05, 0) is 24.3 Å². The molecule has 0 atom stereocenters. The first-order valence-corrected chi connectivity index (χ1v) is 7.32. The zero-order valence-corrected chi connectivity index (χ0v) is 12.7. The summed E-state index contributed by atoms with van der Waals surface area (Å²) in [7, 11) is 1.51. The average molecular weight is 326 g/mol. The van der Waals surface area contributed by atoms with Gasteiger partial charge >= 0.3 is 0 Å². The van der Waals surface area contributed by atoms with Crippen LogP contribution in [0.5, 0.6) is 5.75 Å². The Labute approximate surface area is 136 Å². The monoisotopic (exact) mass is 326 g/mol. The van der Waals surface area contributed by atoms with Crippen LogP contribution in [0.4, 0.5) is 8.87 Å². The van der Waals surface area contributed by atoms with Gasteiger partial charge in [0.15, 0.2) is 0 Å². The predicted molar refractivity (Wildman–Crippen MR) is 84.7 cm³/mol. The second kappa shape index (κ2) is 5.26. The highest BCUT2D eigenvalue weighted by molar-refractivity contribution is 6.03. The number of aromatic nitrogens is 1. The Kier molecular flexibility index (Phi) is 3.19. The van der Waals surface area contributed by atoms with E-state index in [0.29, 0.717) is 33.5 Å². The Morgan fingerprint density at radius 1 is 1.12 bits per heavy atom. The fraction of sp³-hybridized carbons (Fsp3) is 0.111. The van der Waals surface area contributed by atoms with Crippen LogP contribution in [0.3, 0.4) is 0 Å². The van der Waals surface area contributed by atoms with Crippen LogP contribution >= 0.6 is 0 Å². The Hall–Kier alpha value is -3.02. The van der Waals surface area contributed by atoms with Gasteiger partial charge in [-0.15, -0.1) is 0 Å². The topological polar surface area (TPSA) is 42.4 Å². The number of carbonyl (C=O) groups excluding carboxylic acids is 1. The third-order valence-electron chi connectivity index (χ3n) is 4.13. The summed E-state index contributed by atoms with van der Waals surface area (Å²) in [6.07, 6.45) is 0. The van der Waals surface area contributed by atoms with Crippen LogP contribution in [0.15, 0.2) is 42.5 Å². The summed E-state index contributed by atoms with van der Waals surface area (Å²) in [6.45, 7) is -0.195. The van der Waals surface area contributed by atoms with Crippen LogP contribution in [0.25, 0.3) is 22.0 Å². The van der Waals surface area contributed by atoms with Crippen molar-refractivity contribution in [2.75, 3.05) is 7.11 Å². The summed E-state index contributed by atoms with van der Waals surface area (Å²) in [6, 6.07) is 11.3. The maximum atomic E-state index is 14.3. The Morgan fingerprint density at radius 2 is 1.96 bits per heavy atom. The van der Waals surface area contributed by atoms with E-state index in [9.17, 15) is 13.7 Å².